The van der Waals surface area contributed by atoms with E-state index in [1.54, 1.807) is 16.7 Å². The molecule has 2 heterocycles. The second-order valence-corrected chi connectivity index (χ2v) is 6.48. The van der Waals surface area contributed by atoms with Gasteiger partial charge >= 0.3 is 0 Å². The topological polar surface area (TPSA) is 42.7 Å². The van der Waals surface area contributed by atoms with Crippen LogP contribution in [0, 0.1) is 23.3 Å². The molecule has 1 aromatic carbocycles. The van der Waals surface area contributed by atoms with E-state index in [4.69, 9.17) is 9.15 Å². The number of nitrogens with zero attached hydrogens (tertiary/aromatic N) is 1. The molecule has 1 aliphatic heterocycles. The summed E-state index contributed by atoms with van der Waals surface area (Å²) in [5.41, 5.74) is 0. The molecule has 1 fully saturated rings. The molecule has 25 heavy (non-hydrogen) atoms. The van der Waals surface area contributed by atoms with Crippen molar-refractivity contribution in [3.8, 4) is 5.75 Å². The van der Waals surface area contributed by atoms with Crippen molar-refractivity contribution in [1.29, 1.82) is 0 Å². The van der Waals surface area contributed by atoms with Crippen LogP contribution in [0.25, 0.3) is 0 Å². The zero-order valence-electron chi connectivity index (χ0n) is 12.9. The number of hydrogen-bond acceptors (Lipinski definition) is 4. The predicted octanol–water partition coefficient (Wildman–Crippen LogP) is 3.60. The van der Waals surface area contributed by atoms with Gasteiger partial charge in [0.15, 0.2) is 23.1 Å². The van der Waals surface area contributed by atoms with Crippen molar-refractivity contribution in [2.75, 3.05) is 24.6 Å². The molecule has 1 amide bonds. The maximum absolute atomic E-state index is 13.5. The predicted molar refractivity (Wildman–Crippen MR) is 82.5 cm³/mol. The molecule has 0 spiro atoms. The summed E-state index contributed by atoms with van der Waals surface area (Å²) < 4.78 is 63.4. The van der Waals surface area contributed by atoms with Crippen LogP contribution in [0.2, 0.25) is 0 Å². The van der Waals surface area contributed by atoms with Crippen molar-refractivity contribution < 1.29 is 31.5 Å². The van der Waals surface area contributed by atoms with E-state index in [0.717, 1.165) is 11.5 Å². The van der Waals surface area contributed by atoms with E-state index in [0.29, 0.717) is 13.1 Å². The lowest BCUT2D eigenvalue weighted by atomic mass is 10.3. The van der Waals surface area contributed by atoms with E-state index in [2.05, 4.69) is 0 Å². The molecule has 1 aromatic heterocycles. The van der Waals surface area contributed by atoms with E-state index in [1.807, 2.05) is 0 Å². The third-order valence-electron chi connectivity index (χ3n) is 3.60. The molecule has 3 rings (SSSR count). The Labute approximate surface area is 144 Å². The maximum Gasteiger partial charge on any atom is 0.289 e. The van der Waals surface area contributed by atoms with Gasteiger partial charge in [-0.1, -0.05) is 0 Å². The van der Waals surface area contributed by atoms with Gasteiger partial charge in [-0.25, -0.2) is 8.78 Å². The number of hydrogen-bond donors (Lipinski definition) is 0. The molecule has 0 bridgehead atoms. The largest absolute Gasteiger partial charge is 0.479 e. The van der Waals surface area contributed by atoms with Crippen molar-refractivity contribution >= 4 is 17.7 Å². The minimum atomic E-state index is -1.63. The Morgan fingerprint density at radius 3 is 2.40 bits per heavy atom. The van der Waals surface area contributed by atoms with E-state index in [-0.39, 0.29) is 23.5 Å². The van der Waals surface area contributed by atoms with Gasteiger partial charge in [0.05, 0.1) is 0 Å². The van der Waals surface area contributed by atoms with Gasteiger partial charge in [-0.15, -0.1) is 0 Å². The Balaban J connectivity index is 1.69. The number of amides is 1. The van der Waals surface area contributed by atoms with Gasteiger partial charge in [-0.3, -0.25) is 4.79 Å². The summed E-state index contributed by atoms with van der Waals surface area (Å²) in [5, 5.41) is 0. The molecule has 1 saturated heterocycles. The summed E-state index contributed by atoms with van der Waals surface area (Å²) >= 11 is 1.75. The molecule has 0 unspecified atom stereocenters. The second-order valence-electron chi connectivity index (χ2n) is 5.26. The molecule has 1 aliphatic rings. The highest BCUT2D eigenvalue weighted by molar-refractivity contribution is 7.99. The zero-order chi connectivity index (χ0) is 18.0. The molecular formula is C16H13F4NO3S. The molecule has 9 heteroatoms. The summed E-state index contributed by atoms with van der Waals surface area (Å²) in [6.07, 6.45) is 0. The molecule has 0 saturated carbocycles. The number of carbonyl (C=O) groups excluding carboxylic acids is 1. The van der Waals surface area contributed by atoms with Gasteiger partial charge in [0.1, 0.15) is 12.4 Å². The monoisotopic (exact) mass is 375 g/mol. The summed E-state index contributed by atoms with van der Waals surface area (Å²) in [5.74, 6) is -6.01. The first-order valence-electron chi connectivity index (χ1n) is 7.39. The van der Waals surface area contributed by atoms with Crippen molar-refractivity contribution in [3.05, 3.63) is 53.0 Å². The average molecular weight is 375 g/mol. The lowest BCUT2D eigenvalue weighted by Crippen LogP contribution is -2.37. The van der Waals surface area contributed by atoms with Crippen LogP contribution in [0.3, 0.4) is 0 Å². The highest BCUT2D eigenvalue weighted by atomic mass is 32.2. The van der Waals surface area contributed by atoms with Crippen LogP contribution in [0.5, 0.6) is 5.75 Å². The van der Waals surface area contributed by atoms with E-state index < -0.39 is 35.6 Å². The van der Waals surface area contributed by atoms with Crippen LogP contribution in [0.15, 0.2) is 22.6 Å². The fourth-order valence-electron chi connectivity index (χ4n) is 2.31. The van der Waals surface area contributed by atoms with Crippen LogP contribution in [0.1, 0.15) is 16.3 Å². The number of benzene rings is 1. The minimum Gasteiger partial charge on any atom is -0.479 e. The molecule has 0 N–H and O–H groups in total. The molecular weight excluding hydrogens is 362 g/mol. The summed E-state index contributed by atoms with van der Waals surface area (Å²) in [6, 6.07) is 2.91. The minimum absolute atomic E-state index is 0.0665. The Bertz CT molecular complexity index is 764. The van der Waals surface area contributed by atoms with E-state index >= 15 is 0 Å². The molecule has 0 aliphatic carbocycles. The van der Waals surface area contributed by atoms with Crippen LogP contribution in [0.4, 0.5) is 17.6 Å². The molecule has 0 radical (unpaired) electrons. The number of halogens is 4. The Morgan fingerprint density at radius 2 is 1.76 bits per heavy atom. The van der Waals surface area contributed by atoms with Crippen LogP contribution >= 0.6 is 11.8 Å². The number of rotatable bonds is 4. The molecule has 2 aromatic rings. The van der Waals surface area contributed by atoms with Crippen molar-refractivity contribution in [2.45, 2.75) is 6.61 Å². The Kier molecular flexibility index (Phi) is 5.22. The maximum atomic E-state index is 13.5. The van der Waals surface area contributed by atoms with Crippen molar-refractivity contribution in [3.63, 3.8) is 0 Å². The van der Waals surface area contributed by atoms with Gasteiger partial charge in [0.2, 0.25) is 11.6 Å². The first-order valence-corrected chi connectivity index (χ1v) is 8.54. The highest BCUT2D eigenvalue weighted by Gasteiger charge is 2.23. The van der Waals surface area contributed by atoms with Crippen LogP contribution < -0.4 is 4.74 Å². The summed E-state index contributed by atoms with van der Waals surface area (Å²) in [6.45, 7) is 0.726. The normalized spacial score (nSPS) is 14.6. The fraction of sp³-hybridized carbons (Fsp3) is 0.312. The van der Waals surface area contributed by atoms with Gasteiger partial charge < -0.3 is 14.1 Å². The lowest BCUT2D eigenvalue weighted by molar-refractivity contribution is 0.0736. The number of furan rings is 1. The van der Waals surface area contributed by atoms with E-state index in [1.165, 1.54) is 12.1 Å². The number of ether oxygens (including phenoxy) is 1. The average Bonchev–Trinajstić information content (AvgIpc) is 3.09. The van der Waals surface area contributed by atoms with Gasteiger partial charge in [0, 0.05) is 30.7 Å². The van der Waals surface area contributed by atoms with Gasteiger partial charge in [-0.2, -0.15) is 20.5 Å². The first-order chi connectivity index (χ1) is 12.0. The van der Waals surface area contributed by atoms with Gasteiger partial charge in [0.25, 0.3) is 5.91 Å². The SMILES string of the molecule is O=C(c1ccc(COc2c(F)c(F)cc(F)c2F)o1)N1CCSCC1. The molecule has 0 atom stereocenters. The smallest absolute Gasteiger partial charge is 0.289 e. The van der Waals surface area contributed by atoms with Gasteiger partial charge in [-0.05, 0) is 12.1 Å². The lowest BCUT2D eigenvalue weighted by Gasteiger charge is -2.25. The number of thioether (sulfide) groups is 1. The summed E-state index contributed by atoms with van der Waals surface area (Å²) in [4.78, 5) is 13.9. The Morgan fingerprint density at radius 1 is 1.12 bits per heavy atom. The molecule has 4 nitrogen and oxygen atoms in total. The van der Waals surface area contributed by atoms with Crippen LogP contribution in [-0.2, 0) is 6.61 Å². The van der Waals surface area contributed by atoms with E-state index in [9.17, 15) is 22.4 Å². The first kappa shape index (κ1) is 17.7. The zero-order valence-corrected chi connectivity index (χ0v) is 13.7. The molecule has 134 valence electrons. The fourth-order valence-corrected chi connectivity index (χ4v) is 3.22. The van der Waals surface area contributed by atoms with Crippen molar-refractivity contribution in [1.82, 2.24) is 4.90 Å². The quantitative estimate of drug-likeness (QED) is 0.605. The van der Waals surface area contributed by atoms with Crippen molar-refractivity contribution in [2.24, 2.45) is 0 Å². The highest BCUT2D eigenvalue weighted by Crippen LogP contribution is 2.27. The standard InChI is InChI=1S/C16H13F4NO3S/c17-10-7-11(18)14(20)15(13(10)19)23-8-9-1-2-12(24-9)16(22)21-3-5-25-6-4-21/h1-2,7H,3-6,8H2. The third-order valence-corrected chi connectivity index (χ3v) is 4.54. The summed E-state index contributed by atoms with van der Waals surface area (Å²) in [7, 11) is 0. The number of carbonyl (C=O) groups is 1. The van der Waals surface area contributed by atoms with Crippen LogP contribution in [-0.4, -0.2) is 35.4 Å². The Hall–Kier alpha value is -2.16. The second kappa shape index (κ2) is 7.38. The third kappa shape index (κ3) is 3.76.